The standard InChI is InChI=1S/C23H28N4OS/c28-22(25-18-6-2-7-19(16-18)29-26-17-4-1-5-17)20-8-3-13-24-21(20)27-14-11-23(9-10-23)12-15-27/h2-3,6-8,13,16-17,26H,1,4-5,9-12,14-15H2,(H,25,28). The number of nitrogens with zero attached hydrogens (tertiary/aromatic N) is 2. The number of amides is 1. The molecule has 2 aromatic rings. The summed E-state index contributed by atoms with van der Waals surface area (Å²) in [5.74, 6) is 0.728. The second kappa shape index (κ2) is 8.00. The van der Waals surface area contributed by atoms with Crippen molar-refractivity contribution >= 4 is 29.4 Å². The maximum absolute atomic E-state index is 13.0. The summed E-state index contributed by atoms with van der Waals surface area (Å²) in [6, 6.07) is 12.4. The van der Waals surface area contributed by atoms with Crippen LogP contribution in [0.4, 0.5) is 11.5 Å². The van der Waals surface area contributed by atoms with Crippen molar-refractivity contribution < 1.29 is 4.79 Å². The van der Waals surface area contributed by atoms with Crippen LogP contribution in [0.3, 0.4) is 0 Å². The number of hydrogen-bond acceptors (Lipinski definition) is 5. The molecule has 1 aliphatic heterocycles. The fourth-order valence-electron chi connectivity index (χ4n) is 4.21. The Morgan fingerprint density at radius 1 is 1.10 bits per heavy atom. The molecule has 1 amide bonds. The van der Waals surface area contributed by atoms with Crippen LogP contribution in [0.5, 0.6) is 0 Å². The van der Waals surface area contributed by atoms with Crippen LogP contribution in [0, 0.1) is 5.41 Å². The van der Waals surface area contributed by atoms with E-state index < -0.39 is 0 Å². The topological polar surface area (TPSA) is 57.3 Å². The molecule has 5 nitrogen and oxygen atoms in total. The van der Waals surface area contributed by atoms with Gasteiger partial charge in [-0.15, -0.1) is 0 Å². The van der Waals surface area contributed by atoms with Crippen LogP contribution in [0.1, 0.15) is 55.3 Å². The third kappa shape index (κ3) is 4.28. The number of nitrogens with one attached hydrogen (secondary N) is 2. The van der Waals surface area contributed by atoms with Crippen LogP contribution in [0.2, 0.25) is 0 Å². The fraction of sp³-hybridized carbons (Fsp3) is 0.478. The summed E-state index contributed by atoms with van der Waals surface area (Å²) in [4.78, 5) is 21.0. The lowest BCUT2D eigenvalue weighted by molar-refractivity contribution is 0.102. The molecule has 152 valence electrons. The van der Waals surface area contributed by atoms with Crippen molar-refractivity contribution in [3.05, 3.63) is 48.2 Å². The molecular formula is C23H28N4OS. The van der Waals surface area contributed by atoms with Crippen LogP contribution in [-0.4, -0.2) is 30.0 Å². The molecule has 2 aliphatic carbocycles. The molecule has 2 heterocycles. The zero-order valence-electron chi connectivity index (χ0n) is 16.7. The lowest BCUT2D eigenvalue weighted by atomic mass is 9.93. The van der Waals surface area contributed by atoms with E-state index in [0.717, 1.165) is 29.5 Å². The number of carbonyl (C=O) groups is 1. The smallest absolute Gasteiger partial charge is 0.259 e. The Morgan fingerprint density at radius 3 is 2.66 bits per heavy atom. The predicted octanol–water partition coefficient (Wildman–Crippen LogP) is 4.86. The normalized spacial score (nSPS) is 20.3. The van der Waals surface area contributed by atoms with E-state index in [0.29, 0.717) is 17.0 Å². The number of pyridine rings is 1. The highest BCUT2D eigenvalue weighted by Crippen LogP contribution is 2.53. The highest BCUT2D eigenvalue weighted by molar-refractivity contribution is 7.97. The molecule has 6 heteroatoms. The molecule has 1 spiro atoms. The Morgan fingerprint density at radius 2 is 1.93 bits per heavy atom. The van der Waals surface area contributed by atoms with Gasteiger partial charge in [-0.1, -0.05) is 12.5 Å². The fourth-order valence-corrected chi connectivity index (χ4v) is 5.08. The Bertz CT molecular complexity index is 884. The maximum atomic E-state index is 13.0. The Balaban J connectivity index is 1.26. The Labute approximate surface area is 176 Å². The molecule has 0 unspecified atom stereocenters. The van der Waals surface area contributed by atoms with Gasteiger partial charge in [0.25, 0.3) is 5.91 Å². The van der Waals surface area contributed by atoms with E-state index in [4.69, 9.17) is 0 Å². The van der Waals surface area contributed by atoms with E-state index in [1.54, 1.807) is 18.1 Å². The largest absolute Gasteiger partial charge is 0.356 e. The number of benzene rings is 1. The van der Waals surface area contributed by atoms with Gasteiger partial charge in [0.15, 0.2) is 0 Å². The minimum Gasteiger partial charge on any atom is -0.356 e. The highest BCUT2D eigenvalue weighted by Gasteiger charge is 2.44. The minimum atomic E-state index is -0.0890. The highest BCUT2D eigenvalue weighted by atomic mass is 32.2. The molecule has 2 N–H and O–H groups in total. The number of piperidine rings is 1. The summed E-state index contributed by atoms with van der Waals surface area (Å²) in [7, 11) is 0. The number of aromatic nitrogens is 1. The van der Waals surface area contributed by atoms with Crippen molar-refractivity contribution in [2.24, 2.45) is 5.41 Å². The van der Waals surface area contributed by atoms with Gasteiger partial charge in [-0.05, 0) is 86.2 Å². The van der Waals surface area contributed by atoms with Gasteiger partial charge in [0.2, 0.25) is 0 Å². The zero-order chi connectivity index (χ0) is 19.7. The van der Waals surface area contributed by atoms with Crippen molar-refractivity contribution in [3.8, 4) is 0 Å². The number of carbonyl (C=O) groups excluding carboxylic acids is 1. The summed E-state index contributed by atoms with van der Waals surface area (Å²) in [5, 5.41) is 3.08. The monoisotopic (exact) mass is 408 g/mol. The molecule has 1 aromatic carbocycles. The van der Waals surface area contributed by atoms with Crippen molar-refractivity contribution in [1.29, 1.82) is 0 Å². The summed E-state index contributed by atoms with van der Waals surface area (Å²) < 4.78 is 3.50. The quantitative estimate of drug-likeness (QED) is 0.668. The van der Waals surface area contributed by atoms with Crippen LogP contribution in [-0.2, 0) is 0 Å². The van der Waals surface area contributed by atoms with Gasteiger partial charge >= 0.3 is 0 Å². The summed E-state index contributed by atoms with van der Waals surface area (Å²) >= 11 is 1.65. The van der Waals surface area contributed by atoms with Crippen LogP contribution in [0.15, 0.2) is 47.5 Å². The second-order valence-corrected chi connectivity index (χ2v) is 9.60. The van der Waals surface area contributed by atoms with E-state index in [1.807, 2.05) is 30.3 Å². The van der Waals surface area contributed by atoms with Crippen molar-refractivity contribution in [3.63, 3.8) is 0 Å². The molecule has 5 rings (SSSR count). The van der Waals surface area contributed by atoms with Gasteiger partial charge in [0.05, 0.1) is 5.56 Å². The number of anilines is 2. The number of rotatable bonds is 6. The predicted molar refractivity (Wildman–Crippen MR) is 118 cm³/mol. The third-order valence-electron chi connectivity index (χ3n) is 6.65. The summed E-state index contributed by atoms with van der Waals surface area (Å²) in [6.45, 7) is 1.99. The van der Waals surface area contributed by atoms with Gasteiger partial charge < -0.3 is 10.2 Å². The van der Waals surface area contributed by atoms with Gasteiger partial charge in [-0.2, -0.15) is 0 Å². The zero-order valence-corrected chi connectivity index (χ0v) is 17.5. The lowest BCUT2D eigenvalue weighted by Crippen LogP contribution is -2.36. The summed E-state index contributed by atoms with van der Waals surface area (Å²) in [5.41, 5.74) is 2.09. The average molecular weight is 409 g/mol. The Hall–Kier alpha value is -2.05. The minimum absolute atomic E-state index is 0.0890. The molecule has 3 fully saturated rings. The van der Waals surface area contributed by atoms with Gasteiger partial charge in [0.1, 0.15) is 5.82 Å². The molecule has 0 bridgehead atoms. The first kappa shape index (κ1) is 18.9. The third-order valence-corrected chi connectivity index (χ3v) is 7.59. The Kier molecular flexibility index (Phi) is 5.22. The van der Waals surface area contributed by atoms with E-state index in [9.17, 15) is 4.79 Å². The summed E-state index contributed by atoms with van der Waals surface area (Å²) in [6.07, 6.45) is 10.8. The van der Waals surface area contributed by atoms with E-state index >= 15 is 0 Å². The van der Waals surface area contributed by atoms with Crippen LogP contribution < -0.4 is 14.9 Å². The average Bonchev–Trinajstić information content (AvgIpc) is 3.46. The molecule has 1 aromatic heterocycles. The lowest BCUT2D eigenvalue weighted by Gasteiger charge is -2.33. The molecular weight excluding hydrogens is 380 g/mol. The molecule has 0 radical (unpaired) electrons. The van der Waals surface area contributed by atoms with E-state index in [1.165, 1.54) is 44.9 Å². The molecule has 3 aliphatic rings. The van der Waals surface area contributed by atoms with Crippen molar-refractivity contribution in [2.45, 2.75) is 55.9 Å². The first-order chi connectivity index (χ1) is 14.2. The molecule has 29 heavy (non-hydrogen) atoms. The van der Waals surface area contributed by atoms with Crippen LogP contribution >= 0.6 is 11.9 Å². The van der Waals surface area contributed by atoms with Crippen LogP contribution in [0.25, 0.3) is 0 Å². The van der Waals surface area contributed by atoms with E-state index in [2.05, 4.69) is 26.0 Å². The number of hydrogen-bond donors (Lipinski definition) is 2. The molecule has 2 saturated carbocycles. The SMILES string of the molecule is O=C(Nc1cccc(SNC2CCC2)c1)c1cccnc1N1CCC2(CC1)CC2. The maximum Gasteiger partial charge on any atom is 0.259 e. The molecule has 1 saturated heterocycles. The van der Waals surface area contributed by atoms with Crippen molar-refractivity contribution in [1.82, 2.24) is 9.71 Å². The van der Waals surface area contributed by atoms with Gasteiger partial charge in [0, 0.05) is 35.9 Å². The van der Waals surface area contributed by atoms with Gasteiger partial charge in [-0.3, -0.25) is 9.52 Å². The van der Waals surface area contributed by atoms with Crippen molar-refractivity contribution in [2.75, 3.05) is 23.3 Å². The molecule has 0 atom stereocenters. The van der Waals surface area contributed by atoms with Gasteiger partial charge in [-0.25, -0.2) is 4.98 Å². The first-order valence-electron chi connectivity index (χ1n) is 10.7. The van der Waals surface area contributed by atoms with E-state index in [-0.39, 0.29) is 5.91 Å². The second-order valence-electron chi connectivity index (χ2n) is 8.69. The first-order valence-corrected chi connectivity index (χ1v) is 11.6.